The SMILES string of the molecule is CCC(c1cncc(F)c1)n1cnc2c1CCN(c1cn[nH]c(=O)c1Cl)C2. The summed E-state index contributed by atoms with van der Waals surface area (Å²) < 4.78 is 15.7. The number of imidazole rings is 1. The van der Waals surface area contributed by atoms with Crippen molar-refractivity contribution in [3.05, 3.63) is 69.1 Å². The first-order valence-electron chi connectivity index (χ1n) is 8.71. The van der Waals surface area contributed by atoms with Crippen molar-refractivity contribution in [3.63, 3.8) is 0 Å². The molecule has 0 aliphatic carbocycles. The molecule has 1 aliphatic rings. The molecular formula is C18H18ClFN6O. The second kappa shape index (κ2) is 7.11. The largest absolute Gasteiger partial charge is 0.362 e. The molecule has 3 aromatic rings. The zero-order valence-corrected chi connectivity index (χ0v) is 15.4. The zero-order chi connectivity index (χ0) is 19.0. The number of aromatic nitrogens is 5. The Hall–Kier alpha value is -2.74. The smallest absolute Gasteiger partial charge is 0.285 e. The molecule has 0 fully saturated rings. The molecule has 0 saturated carbocycles. The van der Waals surface area contributed by atoms with Crippen LogP contribution in [0.15, 0.2) is 35.8 Å². The van der Waals surface area contributed by atoms with Crippen LogP contribution < -0.4 is 10.5 Å². The van der Waals surface area contributed by atoms with Gasteiger partial charge in [-0.3, -0.25) is 9.78 Å². The lowest BCUT2D eigenvalue weighted by Crippen LogP contribution is -2.33. The first-order chi connectivity index (χ1) is 13.1. The van der Waals surface area contributed by atoms with E-state index in [4.69, 9.17) is 11.6 Å². The maximum atomic E-state index is 13.6. The average molecular weight is 389 g/mol. The molecule has 0 bridgehead atoms. The molecule has 0 radical (unpaired) electrons. The van der Waals surface area contributed by atoms with E-state index < -0.39 is 5.56 Å². The van der Waals surface area contributed by atoms with Crippen molar-refractivity contribution in [2.75, 3.05) is 11.4 Å². The molecule has 1 unspecified atom stereocenters. The Labute approximate surface area is 159 Å². The Morgan fingerprint density at radius 3 is 3.00 bits per heavy atom. The lowest BCUT2D eigenvalue weighted by Gasteiger charge is -2.30. The number of pyridine rings is 1. The van der Waals surface area contributed by atoms with E-state index in [9.17, 15) is 9.18 Å². The van der Waals surface area contributed by atoms with Gasteiger partial charge in [-0.2, -0.15) is 5.10 Å². The van der Waals surface area contributed by atoms with Gasteiger partial charge in [0.1, 0.15) is 10.8 Å². The molecule has 7 nitrogen and oxygen atoms in total. The van der Waals surface area contributed by atoms with Crippen LogP contribution in [0.25, 0.3) is 0 Å². The molecule has 0 amide bonds. The fourth-order valence-electron chi connectivity index (χ4n) is 3.60. The first kappa shape index (κ1) is 17.7. The third kappa shape index (κ3) is 3.21. The van der Waals surface area contributed by atoms with Gasteiger partial charge >= 0.3 is 0 Å². The van der Waals surface area contributed by atoms with E-state index in [2.05, 4.69) is 31.7 Å². The molecule has 0 saturated heterocycles. The van der Waals surface area contributed by atoms with Gasteiger partial charge < -0.3 is 9.47 Å². The molecule has 140 valence electrons. The number of halogens is 2. The van der Waals surface area contributed by atoms with Crippen molar-refractivity contribution < 1.29 is 4.39 Å². The molecule has 4 heterocycles. The van der Waals surface area contributed by atoms with E-state index in [0.717, 1.165) is 29.8 Å². The van der Waals surface area contributed by atoms with Crippen molar-refractivity contribution in [1.82, 2.24) is 24.7 Å². The molecule has 0 spiro atoms. The minimum Gasteiger partial charge on any atom is -0.362 e. The summed E-state index contributed by atoms with van der Waals surface area (Å²) in [6.45, 7) is 3.27. The van der Waals surface area contributed by atoms with Crippen LogP contribution in [0, 0.1) is 5.82 Å². The lowest BCUT2D eigenvalue weighted by atomic mass is 10.0. The van der Waals surface area contributed by atoms with Crippen LogP contribution in [0.5, 0.6) is 0 Å². The second-order valence-electron chi connectivity index (χ2n) is 6.48. The Balaban J connectivity index is 1.65. The van der Waals surface area contributed by atoms with Gasteiger partial charge in [-0.15, -0.1) is 0 Å². The van der Waals surface area contributed by atoms with Crippen molar-refractivity contribution in [2.24, 2.45) is 0 Å². The number of anilines is 1. The second-order valence-corrected chi connectivity index (χ2v) is 6.85. The van der Waals surface area contributed by atoms with Crippen LogP contribution >= 0.6 is 11.6 Å². The van der Waals surface area contributed by atoms with Gasteiger partial charge in [-0.1, -0.05) is 18.5 Å². The van der Waals surface area contributed by atoms with E-state index in [1.54, 1.807) is 18.7 Å². The minimum atomic E-state index is -0.407. The van der Waals surface area contributed by atoms with Gasteiger partial charge in [0.25, 0.3) is 5.56 Å². The summed E-state index contributed by atoms with van der Waals surface area (Å²) in [7, 11) is 0. The monoisotopic (exact) mass is 388 g/mol. The normalized spacial score (nSPS) is 14.9. The molecule has 27 heavy (non-hydrogen) atoms. The number of nitrogens with one attached hydrogen (secondary N) is 1. The van der Waals surface area contributed by atoms with Gasteiger partial charge in [-0.05, 0) is 18.1 Å². The highest BCUT2D eigenvalue weighted by Gasteiger charge is 2.26. The van der Waals surface area contributed by atoms with Gasteiger partial charge in [0.15, 0.2) is 0 Å². The molecule has 0 aromatic carbocycles. The van der Waals surface area contributed by atoms with Gasteiger partial charge in [-0.25, -0.2) is 14.5 Å². The van der Waals surface area contributed by atoms with Crippen LogP contribution in [-0.4, -0.2) is 31.3 Å². The topological polar surface area (TPSA) is 79.7 Å². The van der Waals surface area contributed by atoms with E-state index in [0.29, 0.717) is 18.8 Å². The Morgan fingerprint density at radius 1 is 1.37 bits per heavy atom. The maximum Gasteiger partial charge on any atom is 0.285 e. The highest BCUT2D eigenvalue weighted by Crippen LogP contribution is 2.30. The predicted octanol–water partition coefficient (Wildman–Crippen LogP) is 2.72. The quantitative estimate of drug-likeness (QED) is 0.743. The van der Waals surface area contributed by atoms with Crippen molar-refractivity contribution >= 4 is 17.3 Å². The van der Waals surface area contributed by atoms with Gasteiger partial charge in [0.2, 0.25) is 0 Å². The van der Waals surface area contributed by atoms with Crippen molar-refractivity contribution in [2.45, 2.75) is 32.4 Å². The molecule has 4 rings (SSSR count). The van der Waals surface area contributed by atoms with E-state index in [1.165, 1.54) is 12.3 Å². The van der Waals surface area contributed by atoms with E-state index >= 15 is 0 Å². The summed E-state index contributed by atoms with van der Waals surface area (Å²) in [6.07, 6.45) is 7.78. The van der Waals surface area contributed by atoms with Crippen LogP contribution in [0.3, 0.4) is 0 Å². The number of hydrogen-bond acceptors (Lipinski definition) is 5. The number of nitrogens with zero attached hydrogens (tertiary/aromatic N) is 5. The molecule has 1 atom stereocenters. The van der Waals surface area contributed by atoms with E-state index in [1.807, 2.05) is 4.90 Å². The number of rotatable bonds is 4. The molecule has 9 heteroatoms. The number of fused-ring (bicyclic) bond motifs is 1. The Bertz CT molecular complexity index is 1030. The fraction of sp³-hybridized carbons (Fsp3) is 0.333. The van der Waals surface area contributed by atoms with Crippen LogP contribution in [0.2, 0.25) is 5.02 Å². The molecule has 1 N–H and O–H groups in total. The Morgan fingerprint density at radius 2 is 2.22 bits per heavy atom. The van der Waals surface area contributed by atoms with Crippen LogP contribution in [0.4, 0.5) is 10.1 Å². The molecule has 3 aromatic heterocycles. The summed E-state index contributed by atoms with van der Waals surface area (Å²) in [5, 5.41) is 6.30. The molecular weight excluding hydrogens is 371 g/mol. The summed E-state index contributed by atoms with van der Waals surface area (Å²) in [4.78, 5) is 22.2. The average Bonchev–Trinajstić information content (AvgIpc) is 3.08. The Kier molecular flexibility index (Phi) is 4.65. The third-order valence-electron chi connectivity index (χ3n) is 4.89. The first-order valence-corrected chi connectivity index (χ1v) is 9.09. The number of aromatic amines is 1. The summed E-state index contributed by atoms with van der Waals surface area (Å²) in [6, 6.07) is 1.49. The van der Waals surface area contributed by atoms with Gasteiger partial charge in [0, 0.05) is 24.9 Å². The zero-order valence-electron chi connectivity index (χ0n) is 14.7. The standard InChI is InChI=1S/C18H18ClFN6O/c1-2-14(11-5-12(20)7-21-6-11)26-10-22-13-9-25(4-3-15(13)26)16-8-23-24-18(27)17(16)19/h5-8,10,14H,2-4,9H2,1H3,(H,24,27). The highest BCUT2D eigenvalue weighted by molar-refractivity contribution is 6.32. The van der Waals surface area contributed by atoms with Crippen LogP contribution in [0.1, 0.15) is 36.3 Å². The summed E-state index contributed by atoms with van der Waals surface area (Å²) in [5.41, 5.74) is 3.04. The minimum absolute atomic E-state index is 0.0270. The van der Waals surface area contributed by atoms with E-state index in [-0.39, 0.29) is 16.9 Å². The predicted molar refractivity (Wildman–Crippen MR) is 99.5 cm³/mol. The summed E-state index contributed by atoms with van der Waals surface area (Å²) in [5.74, 6) is -0.345. The lowest BCUT2D eigenvalue weighted by molar-refractivity contribution is 0.526. The number of H-pyrrole nitrogens is 1. The fourth-order valence-corrected chi connectivity index (χ4v) is 3.81. The summed E-state index contributed by atoms with van der Waals surface area (Å²) >= 11 is 6.13. The van der Waals surface area contributed by atoms with Gasteiger partial charge in [0.05, 0.1) is 42.7 Å². The van der Waals surface area contributed by atoms with Crippen LogP contribution in [-0.2, 0) is 13.0 Å². The third-order valence-corrected chi connectivity index (χ3v) is 5.26. The van der Waals surface area contributed by atoms with Crippen molar-refractivity contribution in [3.8, 4) is 0 Å². The maximum absolute atomic E-state index is 13.6. The highest BCUT2D eigenvalue weighted by atomic mass is 35.5. The number of hydrogen-bond donors (Lipinski definition) is 1. The molecule has 1 aliphatic heterocycles. The van der Waals surface area contributed by atoms with Crippen molar-refractivity contribution in [1.29, 1.82) is 0 Å².